The van der Waals surface area contributed by atoms with Gasteiger partial charge in [-0.1, -0.05) is 6.07 Å². The number of aromatic nitrogens is 1. The summed E-state index contributed by atoms with van der Waals surface area (Å²) < 4.78 is 12.3. The van der Waals surface area contributed by atoms with E-state index in [9.17, 15) is 4.79 Å². The second kappa shape index (κ2) is 6.91. The number of methoxy groups -OCH3 is 1. The maximum Gasteiger partial charge on any atom is 0.354 e. The van der Waals surface area contributed by atoms with Crippen LogP contribution in [0.25, 0.3) is 0 Å². The minimum absolute atomic E-state index is 0.00826. The molecule has 1 heterocycles. The largest absolute Gasteiger partial charge is 0.496 e. The van der Waals surface area contributed by atoms with Crippen molar-refractivity contribution in [1.82, 2.24) is 4.98 Å². The van der Waals surface area contributed by atoms with Crippen LogP contribution in [0.1, 0.15) is 16.2 Å². The molecule has 0 saturated carbocycles. The summed E-state index contributed by atoms with van der Waals surface area (Å²) in [6.45, 7) is 0.165. The number of pyridine rings is 1. The molecule has 5 nitrogen and oxygen atoms in total. The highest BCUT2D eigenvalue weighted by atomic mass is 79.9. The highest BCUT2D eigenvalue weighted by Crippen LogP contribution is 2.36. The van der Waals surface area contributed by atoms with Gasteiger partial charge in [-0.2, -0.15) is 0 Å². The summed E-state index contributed by atoms with van der Waals surface area (Å²) >= 11 is 6.77. The molecule has 0 aliphatic heterocycles. The third-order valence-corrected chi connectivity index (χ3v) is 3.85. The Balaban J connectivity index is 2.15. The summed E-state index contributed by atoms with van der Waals surface area (Å²) in [6.07, 6.45) is 0. The molecule has 0 spiro atoms. The fraction of sp³-hybridized carbons (Fsp3) is 0.143. The van der Waals surface area contributed by atoms with Crippen LogP contribution in [0.4, 0.5) is 0 Å². The van der Waals surface area contributed by atoms with E-state index in [2.05, 4.69) is 36.8 Å². The summed E-state index contributed by atoms with van der Waals surface area (Å²) in [4.78, 5) is 14.9. The van der Waals surface area contributed by atoms with E-state index in [4.69, 9.17) is 14.6 Å². The van der Waals surface area contributed by atoms with Crippen molar-refractivity contribution in [3.63, 3.8) is 0 Å². The minimum atomic E-state index is -1.06. The van der Waals surface area contributed by atoms with Gasteiger partial charge in [-0.15, -0.1) is 0 Å². The second-order valence-corrected chi connectivity index (χ2v) is 5.73. The zero-order chi connectivity index (χ0) is 15.4. The van der Waals surface area contributed by atoms with Crippen LogP contribution < -0.4 is 9.47 Å². The van der Waals surface area contributed by atoms with E-state index in [0.717, 1.165) is 8.95 Å². The van der Waals surface area contributed by atoms with Crippen molar-refractivity contribution >= 4 is 37.8 Å². The summed E-state index contributed by atoms with van der Waals surface area (Å²) in [5.41, 5.74) is 0.528. The van der Waals surface area contributed by atoms with Gasteiger partial charge in [0.1, 0.15) is 23.8 Å². The molecule has 0 atom stereocenters. The van der Waals surface area contributed by atoms with Gasteiger partial charge in [-0.25, -0.2) is 9.78 Å². The second-order valence-electron chi connectivity index (χ2n) is 4.03. The van der Waals surface area contributed by atoms with E-state index in [0.29, 0.717) is 17.2 Å². The van der Waals surface area contributed by atoms with Gasteiger partial charge in [0.25, 0.3) is 0 Å². The Morgan fingerprint density at radius 2 is 1.90 bits per heavy atom. The highest BCUT2D eigenvalue weighted by Gasteiger charge is 2.10. The number of carbonyl (C=O) groups is 1. The quantitative estimate of drug-likeness (QED) is 0.800. The maximum absolute atomic E-state index is 10.9. The molecule has 7 heteroatoms. The Labute approximate surface area is 138 Å². The van der Waals surface area contributed by atoms with Gasteiger partial charge in [0, 0.05) is 0 Å². The van der Waals surface area contributed by atoms with Crippen LogP contribution in [0.2, 0.25) is 0 Å². The van der Waals surface area contributed by atoms with Gasteiger partial charge in [0.05, 0.1) is 21.7 Å². The maximum atomic E-state index is 10.9. The molecule has 0 bridgehead atoms. The van der Waals surface area contributed by atoms with Crippen LogP contribution in [0, 0.1) is 0 Å². The average molecular weight is 417 g/mol. The molecule has 0 unspecified atom stereocenters. The first-order chi connectivity index (χ1) is 10.0. The fourth-order valence-electron chi connectivity index (χ4n) is 1.61. The smallest absolute Gasteiger partial charge is 0.354 e. The van der Waals surface area contributed by atoms with Crippen molar-refractivity contribution in [2.45, 2.75) is 6.61 Å². The van der Waals surface area contributed by atoms with Gasteiger partial charge in [0.15, 0.2) is 0 Å². The molecule has 1 aromatic heterocycles. The van der Waals surface area contributed by atoms with Crippen molar-refractivity contribution in [3.05, 3.63) is 50.7 Å². The van der Waals surface area contributed by atoms with Crippen LogP contribution in [0.15, 0.2) is 39.3 Å². The zero-order valence-electron chi connectivity index (χ0n) is 11.0. The minimum Gasteiger partial charge on any atom is -0.496 e. The lowest BCUT2D eigenvalue weighted by Gasteiger charge is -2.11. The van der Waals surface area contributed by atoms with Gasteiger partial charge in [-0.05, 0) is 56.1 Å². The summed E-state index contributed by atoms with van der Waals surface area (Å²) in [7, 11) is 1.58. The zero-order valence-corrected chi connectivity index (χ0v) is 14.1. The number of nitrogens with zero attached hydrogens (tertiary/aromatic N) is 1. The Hall–Kier alpha value is -1.60. The molecular formula is C14H11Br2NO4. The number of hydrogen-bond donors (Lipinski definition) is 1. The number of ether oxygens (including phenoxy) is 2. The van der Waals surface area contributed by atoms with Crippen LogP contribution in [-0.4, -0.2) is 23.2 Å². The van der Waals surface area contributed by atoms with Crippen molar-refractivity contribution in [3.8, 4) is 11.5 Å². The van der Waals surface area contributed by atoms with Crippen LogP contribution >= 0.6 is 31.9 Å². The van der Waals surface area contributed by atoms with Crippen molar-refractivity contribution < 1.29 is 19.4 Å². The van der Waals surface area contributed by atoms with Crippen LogP contribution in [0.3, 0.4) is 0 Å². The Morgan fingerprint density at radius 3 is 2.57 bits per heavy atom. The molecule has 110 valence electrons. The summed E-state index contributed by atoms with van der Waals surface area (Å²) in [5.74, 6) is 0.218. The third kappa shape index (κ3) is 3.95. The topological polar surface area (TPSA) is 68.7 Å². The van der Waals surface area contributed by atoms with Gasteiger partial charge in [0.2, 0.25) is 0 Å². The number of carboxylic acid groups (broad SMARTS) is 1. The molecule has 0 radical (unpaired) electrons. The molecule has 2 rings (SSSR count). The standard InChI is InChI=1S/C14H11Br2NO4/c1-20-12-5-10(16)13(6-9(12)15)21-7-8-3-2-4-11(17-8)14(18)19/h2-6H,7H2,1H3,(H,18,19). The first kappa shape index (κ1) is 15.8. The normalized spacial score (nSPS) is 10.2. The Kier molecular flexibility index (Phi) is 5.19. The monoisotopic (exact) mass is 415 g/mol. The molecule has 1 aromatic carbocycles. The molecule has 21 heavy (non-hydrogen) atoms. The fourth-order valence-corrected chi connectivity index (χ4v) is 2.53. The first-order valence-electron chi connectivity index (χ1n) is 5.86. The number of rotatable bonds is 5. The van der Waals surface area contributed by atoms with E-state index in [1.165, 1.54) is 6.07 Å². The predicted molar refractivity (Wildman–Crippen MR) is 83.9 cm³/mol. The lowest BCUT2D eigenvalue weighted by molar-refractivity contribution is 0.0690. The summed E-state index contributed by atoms with van der Waals surface area (Å²) in [5, 5.41) is 8.90. The number of aromatic carboxylic acids is 1. The van der Waals surface area contributed by atoms with E-state index in [1.54, 1.807) is 31.4 Å². The molecule has 0 fully saturated rings. The summed E-state index contributed by atoms with van der Waals surface area (Å²) in [6, 6.07) is 8.32. The Morgan fingerprint density at radius 1 is 1.24 bits per heavy atom. The first-order valence-corrected chi connectivity index (χ1v) is 7.45. The number of halogens is 2. The number of carboxylic acids is 1. The number of benzene rings is 1. The van der Waals surface area contributed by atoms with Crippen molar-refractivity contribution in [1.29, 1.82) is 0 Å². The number of hydrogen-bond acceptors (Lipinski definition) is 4. The molecule has 0 aliphatic rings. The molecule has 0 amide bonds. The third-order valence-electron chi connectivity index (χ3n) is 2.61. The predicted octanol–water partition coefficient (Wildman–Crippen LogP) is 3.89. The van der Waals surface area contributed by atoms with E-state index in [1.807, 2.05) is 0 Å². The van der Waals surface area contributed by atoms with Crippen LogP contribution in [0.5, 0.6) is 11.5 Å². The van der Waals surface area contributed by atoms with Gasteiger partial charge in [-0.3, -0.25) is 0 Å². The lowest BCUT2D eigenvalue weighted by Crippen LogP contribution is -2.05. The van der Waals surface area contributed by atoms with Crippen LogP contribution in [-0.2, 0) is 6.61 Å². The van der Waals surface area contributed by atoms with E-state index >= 15 is 0 Å². The SMILES string of the molecule is COc1cc(Br)c(OCc2cccc(C(=O)O)n2)cc1Br. The average Bonchev–Trinajstić information content (AvgIpc) is 2.48. The highest BCUT2D eigenvalue weighted by molar-refractivity contribution is 9.11. The molecular weight excluding hydrogens is 406 g/mol. The van der Waals surface area contributed by atoms with E-state index in [-0.39, 0.29) is 12.3 Å². The van der Waals surface area contributed by atoms with Crippen molar-refractivity contribution in [2.24, 2.45) is 0 Å². The Bertz CT molecular complexity index is 676. The molecule has 0 aliphatic carbocycles. The van der Waals surface area contributed by atoms with E-state index < -0.39 is 5.97 Å². The molecule has 1 N–H and O–H groups in total. The van der Waals surface area contributed by atoms with Crippen molar-refractivity contribution in [2.75, 3.05) is 7.11 Å². The molecule has 0 saturated heterocycles. The van der Waals surface area contributed by atoms with Gasteiger partial charge < -0.3 is 14.6 Å². The molecule has 2 aromatic rings. The lowest BCUT2D eigenvalue weighted by atomic mass is 10.3. The van der Waals surface area contributed by atoms with Gasteiger partial charge >= 0.3 is 5.97 Å².